The van der Waals surface area contributed by atoms with Crippen molar-refractivity contribution in [3.8, 4) is 0 Å². The van der Waals surface area contributed by atoms with Crippen LogP contribution in [0.1, 0.15) is 32.6 Å². The standard InChI is InChI=1S/C9H15NO2/c1-9-5-4-8(11)10(9)6-2-3-7-12-9/h2-7H2,1H3. The Morgan fingerprint density at radius 2 is 2.33 bits per heavy atom. The summed E-state index contributed by atoms with van der Waals surface area (Å²) in [6, 6.07) is 0. The summed E-state index contributed by atoms with van der Waals surface area (Å²) in [5.74, 6) is 0.263. The number of carbonyl (C=O) groups excluding carboxylic acids is 1. The van der Waals surface area contributed by atoms with Crippen LogP contribution < -0.4 is 0 Å². The first-order chi connectivity index (χ1) is 5.72. The molecule has 0 spiro atoms. The lowest BCUT2D eigenvalue weighted by molar-refractivity contribution is -0.149. The van der Waals surface area contributed by atoms with Gasteiger partial charge in [-0.3, -0.25) is 4.79 Å². The Kier molecular flexibility index (Phi) is 1.83. The summed E-state index contributed by atoms with van der Waals surface area (Å²) >= 11 is 0. The molecule has 2 fully saturated rings. The summed E-state index contributed by atoms with van der Waals surface area (Å²) in [5, 5.41) is 0. The van der Waals surface area contributed by atoms with E-state index in [1.807, 2.05) is 11.8 Å². The Bertz CT molecular complexity index is 205. The maximum Gasteiger partial charge on any atom is 0.224 e. The van der Waals surface area contributed by atoms with E-state index in [0.29, 0.717) is 6.42 Å². The number of amides is 1. The van der Waals surface area contributed by atoms with Crippen LogP contribution in [0.15, 0.2) is 0 Å². The Morgan fingerprint density at radius 1 is 1.50 bits per heavy atom. The largest absolute Gasteiger partial charge is 0.356 e. The fourth-order valence-corrected chi connectivity index (χ4v) is 2.05. The molecule has 1 unspecified atom stereocenters. The van der Waals surface area contributed by atoms with E-state index in [-0.39, 0.29) is 11.6 Å². The summed E-state index contributed by atoms with van der Waals surface area (Å²) in [4.78, 5) is 13.3. The van der Waals surface area contributed by atoms with E-state index in [1.165, 1.54) is 0 Å². The van der Waals surface area contributed by atoms with Gasteiger partial charge in [0.1, 0.15) is 5.72 Å². The number of hydrogen-bond acceptors (Lipinski definition) is 2. The van der Waals surface area contributed by atoms with Gasteiger partial charge >= 0.3 is 0 Å². The van der Waals surface area contributed by atoms with Crippen molar-refractivity contribution in [3.63, 3.8) is 0 Å². The number of rotatable bonds is 0. The number of fused-ring (bicyclic) bond motifs is 1. The summed E-state index contributed by atoms with van der Waals surface area (Å²) in [5.41, 5.74) is -0.270. The van der Waals surface area contributed by atoms with Crippen LogP contribution >= 0.6 is 0 Å². The average Bonchev–Trinajstić information content (AvgIpc) is 2.24. The molecule has 0 aliphatic carbocycles. The van der Waals surface area contributed by atoms with Crippen LogP contribution in [0.2, 0.25) is 0 Å². The molecular weight excluding hydrogens is 154 g/mol. The lowest BCUT2D eigenvalue weighted by Gasteiger charge is -2.32. The molecule has 3 nitrogen and oxygen atoms in total. The maximum atomic E-state index is 11.4. The molecule has 68 valence electrons. The minimum atomic E-state index is -0.270. The summed E-state index contributed by atoms with van der Waals surface area (Å²) in [7, 11) is 0. The smallest absolute Gasteiger partial charge is 0.224 e. The van der Waals surface area contributed by atoms with Crippen LogP contribution in [0.4, 0.5) is 0 Å². The van der Waals surface area contributed by atoms with Gasteiger partial charge in [-0.1, -0.05) is 0 Å². The van der Waals surface area contributed by atoms with E-state index in [0.717, 1.165) is 32.4 Å². The van der Waals surface area contributed by atoms with Gasteiger partial charge in [-0.05, 0) is 19.8 Å². The molecule has 3 heteroatoms. The molecule has 2 heterocycles. The molecule has 0 aromatic heterocycles. The van der Waals surface area contributed by atoms with Gasteiger partial charge in [-0.2, -0.15) is 0 Å². The van der Waals surface area contributed by atoms with Crippen molar-refractivity contribution in [2.24, 2.45) is 0 Å². The molecule has 1 atom stereocenters. The zero-order valence-electron chi connectivity index (χ0n) is 7.51. The third kappa shape index (κ3) is 1.12. The Hall–Kier alpha value is -0.570. The molecule has 2 aliphatic rings. The molecule has 2 rings (SSSR count). The van der Waals surface area contributed by atoms with Gasteiger partial charge in [0.2, 0.25) is 5.91 Å². The number of ether oxygens (including phenoxy) is 1. The Morgan fingerprint density at radius 3 is 3.17 bits per heavy atom. The first-order valence-electron chi connectivity index (χ1n) is 4.67. The predicted molar refractivity (Wildman–Crippen MR) is 44.5 cm³/mol. The van der Waals surface area contributed by atoms with Crippen molar-refractivity contribution in [3.05, 3.63) is 0 Å². The summed E-state index contributed by atoms with van der Waals surface area (Å²) in [6.07, 6.45) is 3.70. The number of nitrogens with zero attached hydrogens (tertiary/aromatic N) is 1. The molecule has 0 bridgehead atoms. The molecular formula is C9H15NO2. The van der Waals surface area contributed by atoms with Crippen molar-refractivity contribution in [1.82, 2.24) is 4.90 Å². The van der Waals surface area contributed by atoms with Crippen molar-refractivity contribution >= 4 is 5.91 Å². The molecule has 0 N–H and O–H groups in total. The van der Waals surface area contributed by atoms with Crippen LogP contribution in [0, 0.1) is 0 Å². The van der Waals surface area contributed by atoms with Crippen LogP contribution in [-0.4, -0.2) is 29.7 Å². The van der Waals surface area contributed by atoms with Gasteiger partial charge in [0, 0.05) is 26.0 Å². The molecule has 12 heavy (non-hydrogen) atoms. The SMILES string of the molecule is CC12CCC(=O)N1CCCCO2. The van der Waals surface area contributed by atoms with E-state index in [1.54, 1.807) is 0 Å². The van der Waals surface area contributed by atoms with Gasteiger partial charge in [-0.25, -0.2) is 0 Å². The quantitative estimate of drug-likeness (QED) is 0.544. The number of carbonyl (C=O) groups is 1. The molecule has 2 aliphatic heterocycles. The second-order valence-corrected chi connectivity index (χ2v) is 3.78. The van der Waals surface area contributed by atoms with Crippen molar-refractivity contribution in [2.75, 3.05) is 13.2 Å². The minimum absolute atomic E-state index is 0.263. The van der Waals surface area contributed by atoms with E-state index < -0.39 is 0 Å². The summed E-state index contributed by atoms with van der Waals surface area (Å²) in [6.45, 7) is 3.72. The van der Waals surface area contributed by atoms with Gasteiger partial charge in [-0.15, -0.1) is 0 Å². The summed E-state index contributed by atoms with van der Waals surface area (Å²) < 4.78 is 5.69. The van der Waals surface area contributed by atoms with Gasteiger partial charge in [0.05, 0.1) is 0 Å². The lowest BCUT2D eigenvalue weighted by atomic mass is 10.2. The maximum absolute atomic E-state index is 11.4. The monoisotopic (exact) mass is 169 g/mol. The van der Waals surface area contributed by atoms with Gasteiger partial charge in [0.25, 0.3) is 0 Å². The molecule has 2 saturated heterocycles. The van der Waals surface area contributed by atoms with Crippen molar-refractivity contribution in [1.29, 1.82) is 0 Å². The second kappa shape index (κ2) is 2.73. The topological polar surface area (TPSA) is 29.5 Å². The van der Waals surface area contributed by atoms with Gasteiger partial charge in [0.15, 0.2) is 0 Å². The second-order valence-electron chi connectivity index (χ2n) is 3.78. The highest BCUT2D eigenvalue weighted by molar-refractivity contribution is 5.79. The zero-order valence-corrected chi connectivity index (χ0v) is 7.51. The lowest BCUT2D eigenvalue weighted by Crippen LogP contribution is -2.44. The Balaban J connectivity index is 2.19. The highest BCUT2D eigenvalue weighted by Gasteiger charge is 2.42. The molecule has 0 radical (unpaired) electrons. The third-order valence-electron chi connectivity index (χ3n) is 2.86. The fourth-order valence-electron chi connectivity index (χ4n) is 2.05. The molecule has 0 saturated carbocycles. The van der Waals surface area contributed by atoms with E-state index >= 15 is 0 Å². The van der Waals surface area contributed by atoms with E-state index in [2.05, 4.69) is 0 Å². The Labute approximate surface area is 72.7 Å². The molecule has 1 amide bonds. The van der Waals surface area contributed by atoms with Crippen molar-refractivity contribution in [2.45, 2.75) is 38.3 Å². The highest BCUT2D eigenvalue weighted by Crippen LogP contribution is 2.33. The molecule has 0 aromatic rings. The first kappa shape index (κ1) is 8.05. The predicted octanol–water partition coefficient (Wildman–Crippen LogP) is 1.14. The van der Waals surface area contributed by atoms with Crippen molar-refractivity contribution < 1.29 is 9.53 Å². The van der Waals surface area contributed by atoms with Gasteiger partial charge < -0.3 is 9.64 Å². The fraction of sp³-hybridized carbons (Fsp3) is 0.889. The average molecular weight is 169 g/mol. The normalized spacial score (nSPS) is 36.4. The van der Waals surface area contributed by atoms with Crippen LogP contribution in [0.3, 0.4) is 0 Å². The molecule has 0 aromatic carbocycles. The number of hydrogen-bond donors (Lipinski definition) is 0. The zero-order chi connectivity index (χ0) is 8.60. The van der Waals surface area contributed by atoms with Crippen LogP contribution in [0.5, 0.6) is 0 Å². The van der Waals surface area contributed by atoms with E-state index in [4.69, 9.17) is 4.74 Å². The van der Waals surface area contributed by atoms with E-state index in [9.17, 15) is 4.79 Å². The minimum Gasteiger partial charge on any atom is -0.356 e. The first-order valence-corrected chi connectivity index (χ1v) is 4.67. The third-order valence-corrected chi connectivity index (χ3v) is 2.86. The van der Waals surface area contributed by atoms with Crippen LogP contribution in [-0.2, 0) is 9.53 Å². The van der Waals surface area contributed by atoms with Crippen LogP contribution in [0.25, 0.3) is 0 Å². The highest BCUT2D eigenvalue weighted by atomic mass is 16.5.